The number of carbonyl (C=O) groups is 1. The van der Waals surface area contributed by atoms with Crippen molar-refractivity contribution < 1.29 is 9.21 Å². The number of rotatable bonds is 4. The van der Waals surface area contributed by atoms with E-state index in [4.69, 9.17) is 4.42 Å². The molecule has 1 aliphatic heterocycles. The SMILES string of the molecule is O=C(c1ccco1)N(CC1CCNCC1)C1CC1. The average molecular weight is 248 g/mol. The van der Waals surface area contributed by atoms with Crippen molar-refractivity contribution in [3.63, 3.8) is 0 Å². The predicted octanol–water partition coefficient (Wildman–Crippen LogP) is 1.88. The second-order valence-corrected chi connectivity index (χ2v) is 5.36. The zero-order valence-electron chi connectivity index (χ0n) is 10.6. The van der Waals surface area contributed by atoms with Crippen molar-refractivity contribution >= 4 is 5.91 Å². The Labute approximate surface area is 107 Å². The molecular weight excluding hydrogens is 228 g/mol. The number of hydrogen-bond donors (Lipinski definition) is 1. The molecule has 4 nitrogen and oxygen atoms in total. The van der Waals surface area contributed by atoms with Crippen LogP contribution in [0.25, 0.3) is 0 Å². The minimum Gasteiger partial charge on any atom is -0.459 e. The van der Waals surface area contributed by atoms with Crippen LogP contribution in [0.1, 0.15) is 36.2 Å². The molecule has 3 rings (SSSR count). The van der Waals surface area contributed by atoms with Gasteiger partial charge in [-0.25, -0.2) is 0 Å². The number of piperidine rings is 1. The quantitative estimate of drug-likeness (QED) is 0.885. The molecule has 1 saturated carbocycles. The second-order valence-electron chi connectivity index (χ2n) is 5.36. The van der Waals surface area contributed by atoms with Gasteiger partial charge in [-0.2, -0.15) is 0 Å². The summed E-state index contributed by atoms with van der Waals surface area (Å²) in [6, 6.07) is 4.00. The van der Waals surface area contributed by atoms with E-state index in [0.717, 1.165) is 32.5 Å². The third-order valence-corrected chi connectivity index (χ3v) is 3.89. The molecule has 2 heterocycles. The lowest BCUT2D eigenvalue weighted by atomic mass is 9.97. The maximum Gasteiger partial charge on any atom is 0.289 e. The number of furan rings is 1. The lowest BCUT2D eigenvalue weighted by Gasteiger charge is -2.29. The molecule has 1 saturated heterocycles. The van der Waals surface area contributed by atoms with E-state index in [9.17, 15) is 4.79 Å². The van der Waals surface area contributed by atoms with Crippen LogP contribution in [0.5, 0.6) is 0 Å². The van der Waals surface area contributed by atoms with Crippen molar-refractivity contribution in [1.82, 2.24) is 10.2 Å². The number of nitrogens with zero attached hydrogens (tertiary/aromatic N) is 1. The molecular formula is C14H20N2O2. The van der Waals surface area contributed by atoms with Crippen LogP contribution in [0, 0.1) is 5.92 Å². The fourth-order valence-electron chi connectivity index (χ4n) is 2.67. The Morgan fingerprint density at radius 3 is 2.72 bits per heavy atom. The number of hydrogen-bond acceptors (Lipinski definition) is 3. The van der Waals surface area contributed by atoms with Gasteiger partial charge in [-0.15, -0.1) is 0 Å². The van der Waals surface area contributed by atoms with Gasteiger partial charge in [-0.3, -0.25) is 4.79 Å². The van der Waals surface area contributed by atoms with Gasteiger partial charge in [0.2, 0.25) is 0 Å². The van der Waals surface area contributed by atoms with Gasteiger partial charge < -0.3 is 14.6 Å². The normalized spacial score (nSPS) is 20.9. The van der Waals surface area contributed by atoms with Crippen molar-refractivity contribution in [2.24, 2.45) is 5.92 Å². The molecule has 98 valence electrons. The van der Waals surface area contributed by atoms with E-state index in [1.165, 1.54) is 12.8 Å². The smallest absolute Gasteiger partial charge is 0.289 e. The molecule has 0 unspecified atom stereocenters. The minimum absolute atomic E-state index is 0.0704. The summed E-state index contributed by atoms with van der Waals surface area (Å²) >= 11 is 0. The Morgan fingerprint density at radius 1 is 1.33 bits per heavy atom. The molecule has 2 fully saturated rings. The first kappa shape index (κ1) is 11.8. The highest BCUT2D eigenvalue weighted by Crippen LogP contribution is 2.30. The lowest BCUT2D eigenvalue weighted by Crippen LogP contribution is -2.40. The van der Waals surface area contributed by atoms with Crippen LogP contribution in [-0.4, -0.2) is 36.5 Å². The molecule has 1 N–H and O–H groups in total. The Bertz CT molecular complexity index is 392. The largest absolute Gasteiger partial charge is 0.459 e. The third-order valence-electron chi connectivity index (χ3n) is 3.89. The fraction of sp³-hybridized carbons (Fsp3) is 0.643. The van der Waals surface area contributed by atoms with E-state index < -0.39 is 0 Å². The van der Waals surface area contributed by atoms with E-state index >= 15 is 0 Å². The Hall–Kier alpha value is -1.29. The van der Waals surface area contributed by atoms with Gasteiger partial charge in [0, 0.05) is 12.6 Å². The summed E-state index contributed by atoms with van der Waals surface area (Å²) in [6.45, 7) is 3.06. The van der Waals surface area contributed by atoms with Crippen LogP contribution in [0.2, 0.25) is 0 Å². The van der Waals surface area contributed by atoms with Crippen molar-refractivity contribution in [1.29, 1.82) is 0 Å². The number of amides is 1. The average Bonchev–Trinajstić information content (AvgIpc) is 3.10. The topological polar surface area (TPSA) is 45.5 Å². The van der Waals surface area contributed by atoms with E-state index in [0.29, 0.717) is 17.7 Å². The summed E-state index contributed by atoms with van der Waals surface area (Å²) in [4.78, 5) is 14.4. The minimum atomic E-state index is 0.0704. The molecule has 1 amide bonds. The molecule has 18 heavy (non-hydrogen) atoms. The summed E-state index contributed by atoms with van der Waals surface area (Å²) in [5.41, 5.74) is 0. The Morgan fingerprint density at radius 2 is 2.11 bits per heavy atom. The van der Waals surface area contributed by atoms with Crippen LogP contribution in [0.4, 0.5) is 0 Å². The first-order valence-electron chi connectivity index (χ1n) is 6.90. The number of nitrogens with one attached hydrogen (secondary N) is 1. The van der Waals surface area contributed by atoms with E-state index in [1.54, 1.807) is 18.4 Å². The van der Waals surface area contributed by atoms with Crippen LogP contribution in [0.3, 0.4) is 0 Å². The predicted molar refractivity (Wildman–Crippen MR) is 68.4 cm³/mol. The van der Waals surface area contributed by atoms with Gasteiger partial charge in [0.25, 0.3) is 5.91 Å². The summed E-state index contributed by atoms with van der Waals surface area (Å²) in [6.07, 6.45) is 6.22. The molecule has 2 aliphatic rings. The lowest BCUT2D eigenvalue weighted by molar-refractivity contribution is 0.0669. The van der Waals surface area contributed by atoms with Crippen molar-refractivity contribution in [3.8, 4) is 0 Å². The van der Waals surface area contributed by atoms with E-state index in [2.05, 4.69) is 5.32 Å². The second kappa shape index (κ2) is 5.14. The van der Waals surface area contributed by atoms with Crippen LogP contribution in [-0.2, 0) is 0 Å². The van der Waals surface area contributed by atoms with Gasteiger partial charge in [0.05, 0.1) is 6.26 Å². The number of carbonyl (C=O) groups excluding carboxylic acids is 1. The van der Waals surface area contributed by atoms with Crippen molar-refractivity contribution in [2.45, 2.75) is 31.7 Å². The molecule has 4 heteroatoms. The van der Waals surface area contributed by atoms with Gasteiger partial charge >= 0.3 is 0 Å². The monoisotopic (exact) mass is 248 g/mol. The first-order valence-corrected chi connectivity index (χ1v) is 6.90. The summed E-state index contributed by atoms with van der Waals surface area (Å²) < 4.78 is 5.24. The summed E-state index contributed by atoms with van der Waals surface area (Å²) in [7, 11) is 0. The Kier molecular flexibility index (Phi) is 3.37. The van der Waals surface area contributed by atoms with Gasteiger partial charge in [0.15, 0.2) is 5.76 Å². The van der Waals surface area contributed by atoms with Crippen LogP contribution >= 0.6 is 0 Å². The first-order chi connectivity index (χ1) is 8.84. The molecule has 0 atom stereocenters. The molecule has 1 aliphatic carbocycles. The van der Waals surface area contributed by atoms with Gasteiger partial charge in [0.1, 0.15) is 0 Å². The summed E-state index contributed by atoms with van der Waals surface area (Å²) in [5, 5.41) is 3.37. The standard InChI is InChI=1S/C14H20N2O2/c17-14(13-2-1-9-18-13)16(12-3-4-12)10-11-5-7-15-8-6-11/h1-2,9,11-12,15H,3-8,10H2. The highest BCUT2D eigenvalue weighted by atomic mass is 16.3. The molecule has 1 aromatic heterocycles. The van der Waals surface area contributed by atoms with Crippen molar-refractivity contribution in [3.05, 3.63) is 24.2 Å². The van der Waals surface area contributed by atoms with E-state index in [-0.39, 0.29) is 5.91 Å². The maximum absolute atomic E-state index is 12.4. The zero-order valence-corrected chi connectivity index (χ0v) is 10.6. The highest BCUT2D eigenvalue weighted by molar-refractivity contribution is 5.91. The fourth-order valence-corrected chi connectivity index (χ4v) is 2.67. The molecule has 0 spiro atoms. The maximum atomic E-state index is 12.4. The Balaban J connectivity index is 1.66. The zero-order chi connectivity index (χ0) is 12.4. The third kappa shape index (κ3) is 2.58. The molecule has 0 radical (unpaired) electrons. The summed E-state index contributed by atoms with van der Waals surface area (Å²) in [5.74, 6) is 1.20. The molecule has 0 aromatic carbocycles. The van der Waals surface area contributed by atoms with Crippen molar-refractivity contribution in [2.75, 3.05) is 19.6 Å². The van der Waals surface area contributed by atoms with Gasteiger partial charge in [-0.1, -0.05) is 0 Å². The molecule has 0 bridgehead atoms. The van der Waals surface area contributed by atoms with E-state index in [1.807, 2.05) is 4.90 Å². The van der Waals surface area contributed by atoms with Crippen LogP contribution < -0.4 is 5.32 Å². The highest BCUT2D eigenvalue weighted by Gasteiger charge is 2.35. The van der Waals surface area contributed by atoms with Crippen LogP contribution in [0.15, 0.2) is 22.8 Å². The van der Waals surface area contributed by atoms with Gasteiger partial charge in [-0.05, 0) is 56.8 Å². The molecule has 1 aromatic rings.